The van der Waals surface area contributed by atoms with Crippen molar-refractivity contribution in [3.05, 3.63) is 51.4 Å². The van der Waals surface area contributed by atoms with Crippen LogP contribution in [0.4, 0.5) is 0 Å². The monoisotopic (exact) mass is 327 g/mol. The minimum Gasteiger partial charge on any atom is -0.361 e. The van der Waals surface area contributed by atoms with Gasteiger partial charge in [0.25, 0.3) is 5.56 Å². The van der Waals surface area contributed by atoms with Crippen molar-refractivity contribution in [1.29, 1.82) is 0 Å². The molecule has 0 saturated carbocycles. The van der Waals surface area contributed by atoms with Gasteiger partial charge in [-0.1, -0.05) is 11.6 Å². The van der Waals surface area contributed by atoms with Crippen LogP contribution in [0.3, 0.4) is 0 Å². The highest BCUT2D eigenvalue weighted by molar-refractivity contribution is 5.39. The highest BCUT2D eigenvalue weighted by atomic mass is 16.5. The quantitative estimate of drug-likeness (QED) is 0.799. The number of aryl methyl sites for hydroxylation is 2. The van der Waals surface area contributed by atoms with Crippen molar-refractivity contribution in [2.75, 3.05) is 6.54 Å². The molecular formula is C17H21N5O2. The molecule has 3 aromatic rings. The predicted octanol–water partition coefficient (Wildman–Crippen LogP) is 2.35. The maximum Gasteiger partial charge on any atom is 0.272 e. The Labute approximate surface area is 139 Å². The Bertz CT molecular complexity index is 923. The first-order valence-corrected chi connectivity index (χ1v) is 8.36. The molecule has 0 bridgehead atoms. The Morgan fingerprint density at radius 1 is 1.29 bits per heavy atom. The fraction of sp³-hybridized carbons (Fsp3) is 0.471. The molecule has 1 N–H and O–H groups in total. The maximum absolute atomic E-state index is 12.3. The minimum atomic E-state index is -0.0751. The third-order valence-corrected chi connectivity index (χ3v) is 4.60. The molecule has 7 heteroatoms. The van der Waals surface area contributed by atoms with E-state index in [9.17, 15) is 4.79 Å². The van der Waals surface area contributed by atoms with Crippen LogP contribution in [0.5, 0.6) is 0 Å². The van der Waals surface area contributed by atoms with Crippen LogP contribution in [-0.4, -0.2) is 31.2 Å². The van der Waals surface area contributed by atoms with Gasteiger partial charge in [-0.05, 0) is 33.2 Å². The lowest BCUT2D eigenvalue weighted by Crippen LogP contribution is -2.34. The van der Waals surface area contributed by atoms with Gasteiger partial charge in [-0.25, -0.2) is 9.50 Å². The van der Waals surface area contributed by atoms with Crippen molar-refractivity contribution in [2.24, 2.45) is 0 Å². The molecule has 1 fully saturated rings. The first-order valence-electron chi connectivity index (χ1n) is 8.36. The molecule has 0 amide bonds. The number of fused-ring (bicyclic) bond motifs is 1. The normalized spacial score (nSPS) is 19.2. The topological polar surface area (TPSA) is 79.4 Å². The van der Waals surface area contributed by atoms with Crippen molar-refractivity contribution >= 4 is 5.65 Å². The van der Waals surface area contributed by atoms with Crippen LogP contribution in [-0.2, 0) is 6.54 Å². The van der Waals surface area contributed by atoms with Crippen molar-refractivity contribution in [1.82, 2.24) is 24.7 Å². The van der Waals surface area contributed by atoms with E-state index in [1.54, 1.807) is 6.07 Å². The molecule has 0 unspecified atom stereocenters. The molecule has 1 aliphatic rings. The summed E-state index contributed by atoms with van der Waals surface area (Å²) in [6.45, 7) is 5.45. The van der Waals surface area contributed by atoms with Crippen LogP contribution in [0.15, 0.2) is 27.5 Å². The molecule has 0 aliphatic carbocycles. The summed E-state index contributed by atoms with van der Waals surface area (Å²) in [5.41, 5.74) is 3.29. The maximum atomic E-state index is 12.3. The predicted molar refractivity (Wildman–Crippen MR) is 88.8 cm³/mol. The van der Waals surface area contributed by atoms with E-state index in [1.807, 2.05) is 26.0 Å². The molecule has 3 aromatic heterocycles. The van der Waals surface area contributed by atoms with Gasteiger partial charge in [0.1, 0.15) is 11.5 Å². The molecule has 7 nitrogen and oxygen atoms in total. The highest BCUT2D eigenvalue weighted by Gasteiger charge is 2.27. The zero-order valence-corrected chi connectivity index (χ0v) is 14.0. The van der Waals surface area contributed by atoms with Gasteiger partial charge in [-0.3, -0.25) is 14.8 Å². The van der Waals surface area contributed by atoms with E-state index in [4.69, 9.17) is 4.52 Å². The number of hydrogen-bond donors (Lipinski definition) is 1. The summed E-state index contributed by atoms with van der Waals surface area (Å²) in [5.74, 6) is 0.830. The average Bonchev–Trinajstić information content (AvgIpc) is 3.13. The lowest BCUT2D eigenvalue weighted by Gasteiger charge is -2.34. The summed E-state index contributed by atoms with van der Waals surface area (Å²) in [4.78, 5) is 19.2. The number of rotatable bonds is 3. The Morgan fingerprint density at radius 2 is 2.17 bits per heavy atom. The number of hydrogen-bond acceptors (Lipinski definition) is 5. The van der Waals surface area contributed by atoms with E-state index in [-0.39, 0.29) is 11.6 Å². The summed E-state index contributed by atoms with van der Waals surface area (Å²) < 4.78 is 6.73. The molecule has 126 valence electrons. The Morgan fingerprint density at radius 3 is 2.96 bits per heavy atom. The molecule has 0 spiro atoms. The van der Waals surface area contributed by atoms with Crippen LogP contribution in [0.2, 0.25) is 0 Å². The number of H-pyrrole nitrogens is 1. The van der Waals surface area contributed by atoms with Gasteiger partial charge in [0, 0.05) is 30.4 Å². The minimum absolute atomic E-state index is 0.0751. The first kappa shape index (κ1) is 15.1. The van der Waals surface area contributed by atoms with E-state index in [1.165, 1.54) is 10.9 Å². The second-order valence-corrected chi connectivity index (χ2v) is 6.56. The Kier molecular flexibility index (Phi) is 3.72. The van der Waals surface area contributed by atoms with Crippen LogP contribution in [0.25, 0.3) is 5.65 Å². The fourth-order valence-electron chi connectivity index (χ4n) is 3.51. The molecule has 0 aromatic carbocycles. The fourth-order valence-corrected chi connectivity index (χ4v) is 3.51. The molecule has 1 saturated heterocycles. The van der Waals surface area contributed by atoms with Gasteiger partial charge < -0.3 is 4.52 Å². The van der Waals surface area contributed by atoms with Crippen LogP contribution in [0, 0.1) is 13.8 Å². The smallest absolute Gasteiger partial charge is 0.272 e. The largest absolute Gasteiger partial charge is 0.361 e. The van der Waals surface area contributed by atoms with Gasteiger partial charge >= 0.3 is 0 Å². The summed E-state index contributed by atoms with van der Waals surface area (Å²) in [5, 5.41) is 7.19. The second kappa shape index (κ2) is 5.90. The number of likely N-dealkylation sites (tertiary alicyclic amines) is 1. The molecular weight excluding hydrogens is 306 g/mol. The van der Waals surface area contributed by atoms with Crippen molar-refractivity contribution < 1.29 is 4.52 Å². The molecule has 4 heterocycles. The van der Waals surface area contributed by atoms with Gasteiger partial charge in [-0.2, -0.15) is 0 Å². The SMILES string of the molecule is Cc1cc2nc(CN3CCCC[C@@H]3c3cc(C)on3)cc(=O)n2[nH]1. The lowest BCUT2D eigenvalue weighted by molar-refractivity contribution is 0.132. The molecule has 0 radical (unpaired) electrons. The van der Waals surface area contributed by atoms with E-state index in [0.29, 0.717) is 12.2 Å². The van der Waals surface area contributed by atoms with Gasteiger partial charge in [0.15, 0.2) is 5.65 Å². The first-order chi connectivity index (χ1) is 11.6. The third-order valence-electron chi connectivity index (χ3n) is 4.60. The third kappa shape index (κ3) is 2.75. The average molecular weight is 327 g/mol. The van der Waals surface area contributed by atoms with E-state index >= 15 is 0 Å². The van der Waals surface area contributed by atoms with Crippen LogP contribution < -0.4 is 5.56 Å². The number of aromatic amines is 1. The van der Waals surface area contributed by atoms with Crippen molar-refractivity contribution in [2.45, 2.75) is 45.7 Å². The highest BCUT2D eigenvalue weighted by Crippen LogP contribution is 2.31. The number of piperidine rings is 1. The molecule has 24 heavy (non-hydrogen) atoms. The van der Waals surface area contributed by atoms with Gasteiger partial charge in [0.05, 0.1) is 11.7 Å². The van der Waals surface area contributed by atoms with Crippen molar-refractivity contribution in [3.63, 3.8) is 0 Å². The summed E-state index contributed by atoms with van der Waals surface area (Å²) >= 11 is 0. The summed E-state index contributed by atoms with van der Waals surface area (Å²) in [6.07, 6.45) is 3.38. The lowest BCUT2D eigenvalue weighted by atomic mass is 9.99. The summed E-state index contributed by atoms with van der Waals surface area (Å²) in [6, 6.07) is 5.73. The molecule has 4 rings (SSSR count). The molecule has 1 atom stereocenters. The van der Waals surface area contributed by atoms with E-state index in [0.717, 1.165) is 42.2 Å². The van der Waals surface area contributed by atoms with Crippen LogP contribution in [0.1, 0.15) is 48.1 Å². The zero-order valence-electron chi connectivity index (χ0n) is 14.0. The summed E-state index contributed by atoms with van der Waals surface area (Å²) in [7, 11) is 0. The van der Waals surface area contributed by atoms with Gasteiger partial charge in [0.2, 0.25) is 0 Å². The standard InChI is InChI=1S/C17H21N5O2/c1-11-7-16-18-13(9-17(23)22(16)19-11)10-21-6-4-3-5-15(21)14-8-12(2)24-20-14/h7-9,15,19H,3-6,10H2,1-2H3/t15-/m1/s1. The van der Waals surface area contributed by atoms with E-state index in [2.05, 4.69) is 20.1 Å². The number of nitrogens with one attached hydrogen (secondary N) is 1. The number of nitrogens with zero attached hydrogens (tertiary/aromatic N) is 4. The van der Waals surface area contributed by atoms with Crippen LogP contribution >= 0.6 is 0 Å². The van der Waals surface area contributed by atoms with Crippen molar-refractivity contribution in [3.8, 4) is 0 Å². The Hall–Kier alpha value is -2.41. The molecule has 1 aliphatic heterocycles. The second-order valence-electron chi connectivity index (χ2n) is 6.56. The van der Waals surface area contributed by atoms with E-state index < -0.39 is 0 Å². The zero-order chi connectivity index (χ0) is 16.7. The number of aromatic nitrogens is 4. The van der Waals surface area contributed by atoms with Gasteiger partial charge in [-0.15, -0.1) is 0 Å². The Balaban J connectivity index is 1.64.